The van der Waals surface area contributed by atoms with Crippen LogP contribution in [0.3, 0.4) is 0 Å². The molecule has 1 aliphatic carbocycles. The van der Waals surface area contributed by atoms with Crippen LogP contribution in [0, 0.1) is 0 Å². The minimum absolute atomic E-state index is 0.102. The maximum Gasteiger partial charge on any atom is 0.408 e. The van der Waals surface area contributed by atoms with Gasteiger partial charge in [0.05, 0.1) is 18.8 Å². The number of ether oxygens (including phenoxy) is 2. The molecule has 29 heavy (non-hydrogen) atoms. The number of benzene rings is 3. The number of alkyl carbamates (subject to hydrolysis) is 1. The number of carbonyl (C=O) groups excluding carboxylic acids is 1. The van der Waals surface area contributed by atoms with Gasteiger partial charge in [0.2, 0.25) is 0 Å². The van der Waals surface area contributed by atoms with Gasteiger partial charge in [-0.1, -0.05) is 84.9 Å². The summed E-state index contributed by atoms with van der Waals surface area (Å²) in [5, 5.41) is 3.05. The Labute approximate surface area is 171 Å². The molecule has 0 unspecified atom stereocenters. The number of hydrogen-bond acceptors (Lipinski definition) is 3. The molecule has 0 heterocycles. The highest BCUT2D eigenvalue weighted by Gasteiger charge is 2.31. The first-order valence-corrected chi connectivity index (χ1v) is 10.00. The summed E-state index contributed by atoms with van der Waals surface area (Å²) in [6.07, 6.45) is 1.26. The van der Waals surface area contributed by atoms with Crippen molar-refractivity contribution >= 4 is 6.09 Å². The Kier molecular flexibility index (Phi) is 6.22. The van der Waals surface area contributed by atoms with Crippen LogP contribution in [0.2, 0.25) is 0 Å². The topological polar surface area (TPSA) is 47.6 Å². The summed E-state index contributed by atoms with van der Waals surface area (Å²) >= 11 is 0. The third-order valence-electron chi connectivity index (χ3n) is 5.25. The van der Waals surface area contributed by atoms with Crippen molar-refractivity contribution in [2.24, 2.45) is 0 Å². The van der Waals surface area contributed by atoms with E-state index in [4.69, 9.17) is 9.47 Å². The number of carbonyl (C=O) groups is 1. The molecule has 4 nitrogen and oxygen atoms in total. The Morgan fingerprint density at radius 3 is 2.17 bits per heavy atom. The van der Waals surface area contributed by atoms with E-state index in [0.717, 1.165) is 29.5 Å². The van der Waals surface area contributed by atoms with Gasteiger partial charge in [0.15, 0.2) is 0 Å². The van der Waals surface area contributed by atoms with Gasteiger partial charge in [-0.25, -0.2) is 4.79 Å². The number of hydrogen-bond donors (Lipinski definition) is 1. The second-order valence-corrected chi connectivity index (χ2v) is 7.26. The molecular formula is C25H25NO3. The van der Waals surface area contributed by atoms with Crippen LogP contribution in [0.15, 0.2) is 84.9 Å². The van der Waals surface area contributed by atoms with Gasteiger partial charge < -0.3 is 14.8 Å². The summed E-state index contributed by atoms with van der Waals surface area (Å²) < 4.78 is 11.7. The van der Waals surface area contributed by atoms with Gasteiger partial charge in [-0.3, -0.25) is 0 Å². The number of nitrogens with one attached hydrogen (secondary N) is 1. The van der Waals surface area contributed by atoms with Crippen LogP contribution in [-0.2, 0) is 29.1 Å². The molecule has 4 heteroatoms. The summed E-state index contributed by atoms with van der Waals surface area (Å²) in [6.45, 7) is 0.765. The molecule has 0 bridgehead atoms. The van der Waals surface area contributed by atoms with Crippen LogP contribution in [0.25, 0.3) is 0 Å². The molecule has 1 aliphatic rings. The van der Waals surface area contributed by atoms with Gasteiger partial charge in [0, 0.05) is 0 Å². The molecule has 0 fully saturated rings. The van der Waals surface area contributed by atoms with Gasteiger partial charge >= 0.3 is 6.09 Å². The fourth-order valence-electron chi connectivity index (χ4n) is 3.75. The van der Waals surface area contributed by atoms with Crippen molar-refractivity contribution in [1.29, 1.82) is 0 Å². The van der Waals surface area contributed by atoms with Crippen molar-refractivity contribution < 1.29 is 14.3 Å². The van der Waals surface area contributed by atoms with E-state index in [9.17, 15) is 4.79 Å². The molecule has 0 spiro atoms. The predicted molar refractivity (Wildman–Crippen MR) is 112 cm³/mol. The average Bonchev–Trinajstić information content (AvgIpc) is 2.78. The Bertz CT molecular complexity index is 927. The maximum absolute atomic E-state index is 12.5. The van der Waals surface area contributed by atoms with E-state index >= 15 is 0 Å². The number of fused-ring (bicyclic) bond motifs is 1. The SMILES string of the molecule is O=C(N[C@@H]1c2ccccc2CC[C@H]1OCc1ccccc1)OCc1ccccc1. The summed E-state index contributed by atoms with van der Waals surface area (Å²) in [7, 11) is 0. The van der Waals surface area contributed by atoms with Crippen LogP contribution >= 0.6 is 0 Å². The molecule has 3 aromatic carbocycles. The fourth-order valence-corrected chi connectivity index (χ4v) is 3.75. The fraction of sp³-hybridized carbons (Fsp3) is 0.240. The number of rotatable bonds is 6. The lowest BCUT2D eigenvalue weighted by Crippen LogP contribution is -2.40. The molecule has 1 N–H and O–H groups in total. The third-order valence-corrected chi connectivity index (χ3v) is 5.25. The van der Waals surface area contributed by atoms with E-state index in [0.29, 0.717) is 6.61 Å². The average molecular weight is 387 g/mol. The highest BCUT2D eigenvalue weighted by atomic mass is 16.5. The minimum Gasteiger partial charge on any atom is -0.445 e. The Hall–Kier alpha value is -3.11. The second-order valence-electron chi connectivity index (χ2n) is 7.26. The first kappa shape index (κ1) is 19.2. The molecule has 0 aliphatic heterocycles. The first-order chi connectivity index (χ1) is 14.3. The Morgan fingerprint density at radius 2 is 1.45 bits per heavy atom. The number of amides is 1. The molecule has 1 amide bonds. The Balaban J connectivity index is 1.44. The van der Waals surface area contributed by atoms with Crippen LogP contribution in [-0.4, -0.2) is 12.2 Å². The monoisotopic (exact) mass is 387 g/mol. The van der Waals surface area contributed by atoms with Gasteiger partial charge in [-0.2, -0.15) is 0 Å². The minimum atomic E-state index is -0.427. The highest BCUT2D eigenvalue weighted by Crippen LogP contribution is 2.32. The summed E-state index contributed by atoms with van der Waals surface area (Å²) in [6, 6.07) is 27.8. The van der Waals surface area contributed by atoms with Crippen LogP contribution < -0.4 is 5.32 Å². The summed E-state index contributed by atoms with van der Waals surface area (Å²) in [4.78, 5) is 12.5. The van der Waals surface area contributed by atoms with Crippen LogP contribution in [0.5, 0.6) is 0 Å². The molecule has 0 saturated carbocycles. The highest BCUT2D eigenvalue weighted by molar-refractivity contribution is 5.68. The van der Waals surface area contributed by atoms with Gasteiger partial charge in [0.25, 0.3) is 0 Å². The quantitative estimate of drug-likeness (QED) is 0.633. The lowest BCUT2D eigenvalue weighted by Gasteiger charge is -2.34. The smallest absolute Gasteiger partial charge is 0.408 e. The van der Waals surface area contributed by atoms with E-state index in [1.165, 1.54) is 5.56 Å². The van der Waals surface area contributed by atoms with E-state index in [1.807, 2.05) is 72.8 Å². The van der Waals surface area contributed by atoms with Gasteiger partial charge in [-0.05, 0) is 35.1 Å². The normalized spacial score (nSPS) is 17.9. The van der Waals surface area contributed by atoms with Crippen molar-refractivity contribution in [3.63, 3.8) is 0 Å². The lowest BCUT2D eigenvalue weighted by atomic mass is 9.85. The third kappa shape index (κ3) is 5.04. The molecule has 4 rings (SSSR count). The molecule has 0 radical (unpaired) electrons. The zero-order valence-corrected chi connectivity index (χ0v) is 16.3. The molecule has 3 aromatic rings. The molecule has 148 valence electrons. The van der Waals surface area contributed by atoms with Crippen molar-refractivity contribution in [2.45, 2.75) is 38.2 Å². The Morgan fingerprint density at radius 1 is 0.828 bits per heavy atom. The van der Waals surface area contributed by atoms with Crippen molar-refractivity contribution in [3.8, 4) is 0 Å². The zero-order chi connectivity index (χ0) is 19.9. The predicted octanol–water partition coefficient (Wildman–Crippen LogP) is 5.19. The largest absolute Gasteiger partial charge is 0.445 e. The zero-order valence-electron chi connectivity index (χ0n) is 16.3. The van der Waals surface area contributed by atoms with Crippen molar-refractivity contribution in [3.05, 3.63) is 107 Å². The number of aryl methyl sites for hydroxylation is 1. The molecule has 2 atom stereocenters. The van der Waals surface area contributed by atoms with Gasteiger partial charge in [-0.15, -0.1) is 0 Å². The standard InChI is InChI=1S/C25H25NO3/c27-25(29-18-20-11-5-2-6-12-20)26-24-22-14-8-7-13-21(22)15-16-23(24)28-17-19-9-3-1-4-10-19/h1-14,23-24H,15-18H2,(H,26,27)/t23-,24-/m1/s1. The summed E-state index contributed by atoms with van der Waals surface area (Å²) in [5.74, 6) is 0. The lowest BCUT2D eigenvalue weighted by molar-refractivity contribution is 0.00336. The van der Waals surface area contributed by atoms with Crippen molar-refractivity contribution in [2.75, 3.05) is 0 Å². The van der Waals surface area contributed by atoms with Crippen LogP contribution in [0.4, 0.5) is 4.79 Å². The maximum atomic E-state index is 12.5. The molecule has 0 aromatic heterocycles. The van der Waals surface area contributed by atoms with E-state index < -0.39 is 6.09 Å². The first-order valence-electron chi connectivity index (χ1n) is 10.00. The molecular weight excluding hydrogens is 362 g/mol. The van der Waals surface area contributed by atoms with E-state index in [-0.39, 0.29) is 18.8 Å². The second kappa shape index (κ2) is 9.39. The van der Waals surface area contributed by atoms with Gasteiger partial charge in [0.1, 0.15) is 6.61 Å². The van der Waals surface area contributed by atoms with Crippen molar-refractivity contribution in [1.82, 2.24) is 5.32 Å². The van der Waals surface area contributed by atoms with E-state index in [2.05, 4.69) is 17.4 Å². The summed E-state index contributed by atoms with van der Waals surface area (Å²) in [5.41, 5.74) is 4.44. The molecule has 0 saturated heterocycles. The van der Waals surface area contributed by atoms with E-state index in [1.54, 1.807) is 0 Å². The van der Waals surface area contributed by atoms with Crippen LogP contribution in [0.1, 0.15) is 34.7 Å².